The highest BCUT2D eigenvalue weighted by Crippen LogP contribution is 2.53. The van der Waals surface area contributed by atoms with Crippen molar-refractivity contribution in [3.63, 3.8) is 0 Å². The standard InChI is InChI=1S/C21H21Cl2NO2/c22-16-7-5-14(6-8-16)13-21(17-3-1-2-4-18(17)23)19(20(25)26)15-9-11-24(21)12-10-15/h1-8,15,19H,9-13H2,(H,25,26). The maximum Gasteiger partial charge on any atom is 0.309 e. The Kier molecular flexibility index (Phi) is 4.72. The molecule has 3 saturated heterocycles. The van der Waals surface area contributed by atoms with Crippen LogP contribution in [-0.4, -0.2) is 29.1 Å². The van der Waals surface area contributed by atoms with Gasteiger partial charge in [-0.25, -0.2) is 0 Å². The molecule has 2 atom stereocenters. The van der Waals surface area contributed by atoms with Gasteiger partial charge in [0, 0.05) is 10.0 Å². The van der Waals surface area contributed by atoms with Crippen LogP contribution in [0.1, 0.15) is 24.0 Å². The lowest BCUT2D eigenvalue weighted by Crippen LogP contribution is -2.65. The van der Waals surface area contributed by atoms with Gasteiger partial charge in [0.1, 0.15) is 0 Å². The summed E-state index contributed by atoms with van der Waals surface area (Å²) in [6.07, 6.45) is 2.48. The van der Waals surface area contributed by atoms with Crippen LogP contribution in [0.15, 0.2) is 48.5 Å². The fraction of sp³-hybridized carbons (Fsp3) is 0.381. The number of benzene rings is 2. The molecule has 136 valence electrons. The maximum atomic E-state index is 12.4. The molecule has 0 spiro atoms. The van der Waals surface area contributed by atoms with Gasteiger partial charge in [-0.1, -0.05) is 53.5 Å². The lowest BCUT2D eigenvalue weighted by molar-refractivity contribution is -0.165. The molecular formula is C21H21Cl2NO2. The van der Waals surface area contributed by atoms with Crippen molar-refractivity contribution in [3.8, 4) is 0 Å². The second-order valence-electron chi connectivity index (χ2n) is 7.35. The molecule has 5 rings (SSSR count). The van der Waals surface area contributed by atoms with Gasteiger partial charge in [0.15, 0.2) is 0 Å². The van der Waals surface area contributed by atoms with Crippen molar-refractivity contribution in [1.82, 2.24) is 4.90 Å². The molecule has 0 aliphatic carbocycles. The second-order valence-corrected chi connectivity index (χ2v) is 8.19. The van der Waals surface area contributed by atoms with E-state index in [0.717, 1.165) is 37.1 Å². The van der Waals surface area contributed by atoms with Crippen molar-refractivity contribution >= 4 is 29.2 Å². The van der Waals surface area contributed by atoms with Gasteiger partial charge in [-0.15, -0.1) is 0 Å². The van der Waals surface area contributed by atoms with E-state index in [0.29, 0.717) is 16.5 Å². The van der Waals surface area contributed by atoms with Crippen LogP contribution >= 0.6 is 23.2 Å². The molecule has 0 amide bonds. The van der Waals surface area contributed by atoms with Crippen LogP contribution in [0, 0.1) is 11.8 Å². The van der Waals surface area contributed by atoms with E-state index < -0.39 is 17.4 Å². The second kappa shape index (κ2) is 6.88. The zero-order valence-electron chi connectivity index (χ0n) is 14.4. The molecule has 0 saturated carbocycles. The molecule has 0 radical (unpaired) electrons. The van der Waals surface area contributed by atoms with E-state index in [2.05, 4.69) is 4.90 Å². The Balaban J connectivity index is 1.90. The average Bonchev–Trinajstić information content (AvgIpc) is 2.64. The number of hydrogen-bond acceptors (Lipinski definition) is 2. The van der Waals surface area contributed by atoms with E-state index in [9.17, 15) is 9.90 Å². The van der Waals surface area contributed by atoms with Crippen molar-refractivity contribution in [3.05, 3.63) is 69.7 Å². The van der Waals surface area contributed by atoms with E-state index in [4.69, 9.17) is 23.2 Å². The van der Waals surface area contributed by atoms with Crippen LogP contribution in [0.3, 0.4) is 0 Å². The molecule has 0 aromatic heterocycles. The number of aliphatic carboxylic acids is 1. The number of halogens is 2. The van der Waals surface area contributed by atoms with Crippen LogP contribution in [0.5, 0.6) is 0 Å². The predicted molar refractivity (Wildman–Crippen MR) is 104 cm³/mol. The summed E-state index contributed by atoms with van der Waals surface area (Å²) in [5.74, 6) is -1.02. The Bertz CT molecular complexity index is 815. The Morgan fingerprint density at radius 3 is 2.35 bits per heavy atom. The molecule has 3 nitrogen and oxygen atoms in total. The minimum atomic E-state index is -0.728. The van der Waals surface area contributed by atoms with Gasteiger partial charge in [-0.05, 0) is 67.6 Å². The Labute approximate surface area is 163 Å². The van der Waals surface area contributed by atoms with Crippen molar-refractivity contribution in [1.29, 1.82) is 0 Å². The molecule has 1 N–H and O–H groups in total. The van der Waals surface area contributed by atoms with E-state index in [1.54, 1.807) is 0 Å². The number of carboxylic acid groups (broad SMARTS) is 1. The smallest absolute Gasteiger partial charge is 0.309 e. The number of carboxylic acids is 1. The third-order valence-corrected chi connectivity index (χ3v) is 6.66. The molecule has 2 aromatic rings. The molecule has 3 heterocycles. The zero-order valence-corrected chi connectivity index (χ0v) is 15.9. The van der Waals surface area contributed by atoms with Crippen LogP contribution < -0.4 is 0 Å². The van der Waals surface area contributed by atoms with E-state index in [-0.39, 0.29) is 5.92 Å². The van der Waals surface area contributed by atoms with Crippen LogP contribution in [0.4, 0.5) is 0 Å². The Morgan fingerprint density at radius 1 is 1.08 bits per heavy atom. The zero-order chi connectivity index (χ0) is 18.3. The SMILES string of the molecule is O=C(O)C1C2CCN(CC2)C1(Cc1ccc(Cl)cc1)c1ccccc1Cl. The van der Waals surface area contributed by atoms with Crippen LogP contribution in [-0.2, 0) is 16.8 Å². The first-order valence-corrected chi connectivity index (χ1v) is 9.75. The summed E-state index contributed by atoms with van der Waals surface area (Å²) >= 11 is 12.7. The van der Waals surface area contributed by atoms with Crippen LogP contribution in [0.2, 0.25) is 10.0 Å². The number of carbonyl (C=O) groups is 1. The monoisotopic (exact) mass is 389 g/mol. The molecule has 2 aromatic carbocycles. The van der Waals surface area contributed by atoms with E-state index in [1.165, 1.54) is 0 Å². The minimum absolute atomic E-state index is 0.182. The molecule has 5 heteroatoms. The Morgan fingerprint density at radius 2 is 1.73 bits per heavy atom. The first-order valence-electron chi connectivity index (χ1n) is 8.99. The fourth-order valence-corrected chi connectivity index (χ4v) is 5.43. The van der Waals surface area contributed by atoms with Gasteiger partial charge < -0.3 is 5.11 Å². The highest BCUT2D eigenvalue weighted by Gasteiger charge is 2.57. The largest absolute Gasteiger partial charge is 0.481 e. The van der Waals surface area contributed by atoms with Gasteiger partial charge in [-0.2, -0.15) is 0 Å². The topological polar surface area (TPSA) is 40.5 Å². The summed E-state index contributed by atoms with van der Waals surface area (Å²) in [6.45, 7) is 1.82. The highest BCUT2D eigenvalue weighted by atomic mass is 35.5. The summed E-state index contributed by atoms with van der Waals surface area (Å²) in [4.78, 5) is 14.7. The van der Waals surface area contributed by atoms with Crippen LogP contribution in [0.25, 0.3) is 0 Å². The molecule has 26 heavy (non-hydrogen) atoms. The number of nitrogens with zero attached hydrogens (tertiary/aromatic N) is 1. The Hall–Kier alpha value is -1.55. The first kappa shape index (κ1) is 17.8. The first-order chi connectivity index (χ1) is 12.5. The van der Waals surface area contributed by atoms with Gasteiger partial charge in [0.05, 0.1) is 11.5 Å². The molecule has 3 aliphatic rings. The normalized spacial score (nSPS) is 30.3. The average molecular weight is 390 g/mol. The van der Waals surface area contributed by atoms with Crippen molar-refractivity contribution in [2.45, 2.75) is 24.8 Å². The predicted octanol–water partition coefficient (Wildman–Crippen LogP) is 4.86. The van der Waals surface area contributed by atoms with Gasteiger partial charge in [0.2, 0.25) is 0 Å². The molecule has 3 aliphatic heterocycles. The third kappa shape index (κ3) is 2.83. The van der Waals surface area contributed by atoms with Gasteiger partial charge >= 0.3 is 5.97 Å². The molecular weight excluding hydrogens is 369 g/mol. The van der Waals surface area contributed by atoms with Crippen molar-refractivity contribution < 1.29 is 9.90 Å². The summed E-state index contributed by atoms with van der Waals surface area (Å²) < 4.78 is 0. The third-order valence-electron chi connectivity index (χ3n) is 6.08. The molecule has 3 fully saturated rings. The maximum absolute atomic E-state index is 12.4. The minimum Gasteiger partial charge on any atom is -0.481 e. The lowest BCUT2D eigenvalue weighted by atomic mass is 9.61. The highest BCUT2D eigenvalue weighted by molar-refractivity contribution is 6.31. The van der Waals surface area contributed by atoms with E-state index in [1.807, 2.05) is 48.5 Å². The number of hydrogen-bond donors (Lipinski definition) is 1. The van der Waals surface area contributed by atoms with Crippen molar-refractivity contribution in [2.75, 3.05) is 13.1 Å². The summed E-state index contributed by atoms with van der Waals surface area (Å²) in [6, 6.07) is 15.4. The number of fused-ring (bicyclic) bond motifs is 3. The molecule has 2 unspecified atom stereocenters. The number of rotatable bonds is 4. The number of piperidine rings is 3. The quantitative estimate of drug-likeness (QED) is 0.811. The van der Waals surface area contributed by atoms with E-state index >= 15 is 0 Å². The summed E-state index contributed by atoms with van der Waals surface area (Å²) in [5, 5.41) is 11.5. The summed E-state index contributed by atoms with van der Waals surface area (Å²) in [5.41, 5.74) is 1.38. The van der Waals surface area contributed by atoms with Gasteiger partial charge in [0.25, 0.3) is 0 Å². The summed E-state index contributed by atoms with van der Waals surface area (Å²) in [7, 11) is 0. The fourth-order valence-electron chi connectivity index (χ4n) is 5.00. The molecule has 2 bridgehead atoms. The lowest BCUT2D eigenvalue weighted by Gasteiger charge is -2.58. The van der Waals surface area contributed by atoms with Gasteiger partial charge in [-0.3, -0.25) is 9.69 Å². The van der Waals surface area contributed by atoms with Crippen molar-refractivity contribution in [2.24, 2.45) is 11.8 Å².